The highest BCUT2D eigenvalue weighted by Gasteiger charge is 2.25. The van der Waals surface area contributed by atoms with E-state index in [0.29, 0.717) is 12.2 Å². The van der Waals surface area contributed by atoms with Gasteiger partial charge in [-0.1, -0.05) is 18.2 Å². The Labute approximate surface area is 168 Å². The molecule has 0 unspecified atom stereocenters. The lowest BCUT2D eigenvalue weighted by molar-refractivity contribution is -0.129. The summed E-state index contributed by atoms with van der Waals surface area (Å²) in [6.45, 7) is -0.105. The lowest BCUT2D eigenvalue weighted by Gasteiger charge is -2.22. The van der Waals surface area contributed by atoms with E-state index in [0.717, 1.165) is 9.87 Å². The smallest absolute Gasteiger partial charge is 0.335 e. The Balaban J connectivity index is 2.27. The van der Waals surface area contributed by atoms with Crippen molar-refractivity contribution < 1.29 is 33.1 Å². The molecule has 0 atom stereocenters. The Morgan fingerprint density at radius 1 is 1.07 bits per heavy atom. The first-order chi connectivity index (χ1) is 13.8. The van der Waals surface area contributed by atoms with Crippen molar-refractivity contribution in [1.29, 1.82) is 0 Å². The molecule has 0 heterocycles. The standard InChI is InChI=1S/C19H22N2O7S/c1-28-17-5-3-2-4-14(17)10-12-21(13-11-18(22)20-25)29(26,27)16-8-6-15(7-9-16)19(23)24/h2-9,25H,10-13H2,1H3,(H,20,22)(H,23,24). The summed E-state index contributed by atoms with van der Waals surface area (Å²) in [5.74, 6) is -1.27. The second kappa shape index (κ2) is 10.0. The van der Waals surface area contributed by atoms with Gasteiger partial charge in [-0.3, -0.25) is 10.0 Å². The molecule has 0 saturated carbocycles. The third-order valence-corrected chi connectivity index (χ3v) is 6.19. The Morgan fingerprint density at radius 3 is 2.31 bits per heavy atom. The number of carboxylic acids is 1. The largest absolute Gasteiger partial charge is 0.496 e. The second-order valence-corrected chi connectivity index (χ2v) is 8.02. The van der Waals surface area contributed by atoms with Gasteiger partial charge in [0.2, 0.25) is 15.9 Å². The van der Waals surface area contributed by atoms with Gasteiger partial charge >= 0.3 is 5.97 Å². The van der Waals surface area contributed by atoms with Crippen LogP contribution in [0.3, 0.4) is 0 Å². The average molecular weight is 422 g/mol. The van der Waals surface area contributed by atoms with Crippen LogP contribution in [0.4, 0.5) is 0 Å². The number of carboxylic acid groups (broad SMARTS) is 1. The topological polar surface area (TPSA) is 133 Å². The van der Waals surface area contributed by atoms with Gasteiger partial charge in [0.15, 0.2) is 0 Å². The Morgan fingerprint density at radius 2 is 1.72 bits per heavy atom. The highest BCUT2D eigenvalue weighted by molar-refractivity contribution is 7.89. The summed E-state index contributed by atoms with van der Waals surface area (Å²) in [6, 6.07) is 12.0. The summed E-state index contributed by atoms with van der Waals surface area (Å²) in [5.41, 5.74) is 2.23. The zero-order chi connectivity index (χ0) is 21.4. The number of ether oxygens (including phenoxy) is 1. The molecule has 9 nitrogen and oxygen atoms in total. The molecule has 0 aliphatic carbocycles. The minimum Gasteiger partial charge on any atom is -0.496 e. The van der Waals surface area contributed by atoms with Gasteiger partial charge in [0.05, 0.1) is 17.6 Å². The van der Waals surface area contributed by atoms with Crippen LogP contribution in [-0.2, 0) is 21.2 Å². The number of nitrogens with zero attached hydrogens (tertiary/aromatic N) is 1. The van der Waals surface area contributed by atoms with E-state index in [1.165, 1.54) is 36.9 Å². The van der Waals surface area contributed by atoms with E-state index in [1.54, 1.807) is 18.2 Å². The zero-order valence-corrected chi connectivity index (χ0v) is 16.6. The van der Waals surface area contributed by atoms with Gasteiger partial charge < -0.3 is 9.84 Å². The number of hydrogen-bond donors (Lipinski definition) is 3. The molecule has 1 amide bonds. The molecule has 0 saturated heterocycles. The first-order valence-corrected chi connectivity index (χ1v) is 10.1. The number of hydroxylamine groups is 1. The van der Waals surface area contributed by atoms with Gasteiger partial charge in [0, 0.05) is 19.5 Å². The third kappa shape index (κ3) is 5.76. The molecule has 0 radical (unpaired) electrons. The number of amides is 1. The van der Waals surface area contributed by atoms with Crippen LogP contribution >= 0.6 is 0 Å². The van der Waals surface area contributed by atoms with Crippen LogP contribution in [-0.4, -0.2) is 55.1 Å². The number of carbonyl (C=O) groups is 2. The summed E-state index contributed by atoms with van der Waals surface area (Å²) < 4.78 is 32.5. The molecule has 0 aliphatic heterocycles. The number of carbonyl (C=O) groups excluding carboxylic acids is 1. The summed E-state index contributed by atoms with van der Waals surface area (Å²) in [5, 5.41) is 17.7. The maximum Gasteiger partial charge on any atom is 0.335 e. The number of methoxy groups -OCH3 is 1. The van der Waals surface area contributed by atoms with Crippen molar-refractivity contribution in [2.24, 2.45) is 0 Å². The van der Waals surface area contributed by atoms with E-state index >= 15 is 0 Å². The van der Waals surface area contributed by atoms with E-state index in [-0.39, 0.29) is 30.0 Å². The molecule has 0 fully saturated rings. The fraction of sp³-hybridized carbons (Fsp3) is 0.263. The van der Waals surface area contributed by atoms with Crippen molar-refractivity contribution >= 4 is 21.9 Å². The number of sulfonamides is 1. The maximum absolute atomic E-state index is 13.0. The van der Waals surface area contributed by atoms with Gasteiger partial charge in [-0.05, 0) is 42.3 Å². The van der Waals surface area contributed by atoms with Crippen LogP contribution in [0.25, 0.3) is 0 Å². The van der Waals surface area contributed by atoms with Gasteiger partial charge in [0.25, 0.3) is 0 Å². The Kier molecular flexibility index (Phi) is 7.71. The predicted molar refractivity (Wildman–Crippen MR) is 103 cm³/mol. The van der Waals surface area contributed by atoms with Crippen LogP contribution in [0.15, 0.2) is 53.4 Å². The number of benzene rings is 2. The van der Waals surface area contributed by atoms with Gasteiger partial charge in [-0.2, -0.15) is 4.31 Å². The maximum atomic E-state index is 13.0. The van der Waals surface area contributed by atoms with Crippen LogP contribution in [0.5, 0.6) is 5.75 Å². The Hall–Kier alpha value is -2.95. The molecular weight excluding hydrogens is 400 g/mol. The first-order valence-electron chi connectivity index (χ1n) is 8.68. The van der Waals surface area contributed by atoms with Crippen molar-refractivity contribution in [1.82, 2.24) is 9.79 Å². The number of hydrogen-bond acceptors (Lipinski definition) is 6. The lowest BCUT2D eigenvalue weighted by atomic mass is 10.1. The molecule has 0 aromatic heterocycles. The molecule has 3 N–H and O–H groups in total. The van der Waals surface area contributed by atoms with Crippen LogP contribution in [0, 0.1) is 0 Å². The summed E-state index contributed by atoms with van der Waals surface area (Å²) >= 11 is 0. The van der Waals surface area contributed by atoms with Gasteiger partial charge in [0.1, 0.15) is 5.75 Å². The molecule has 0 spiro atoms. The minimum absolute atomic E-state index is 0.0378. The van der Waals surface area contributed by atoms with E-state index < -0.39 is 21.9 Å². The van der Waals surface area contributed by atoms with Crippen molar-refractivity contribution in [2.75, 3.05) is 20.2 Å². The predicted octanol–water partition coefficient (Wildman–Crippen LogP) is 1.52. The van der Waals surface area contributed by atoms with Crippen molar-refractivity contribution in [3.05, 3.63) is 59.7 Å². The quantitative estimate of drug-likeness (QED) is 0.390. The van der Waals surface area contributed by atoms with E-state index in [9.17, 15) is 18.0 Å². The Bertz CT molecular complexity index is 959. The SMILES string of the molecule is COc1ccccc1CCN(CCC(=O)NO)S(=O)(=O)c1ccc(C(=O)O)cc1. The highest BCUT2D eigenvalue weighted by Crippen LogP contribution is 2.21. The minimum atomic E-state index is -4.00. The molecule has 2 aromatic carbocycles. The molecule has 0 aliphatic rings. The summed E-state index contributed by atoms with van der Waals surface area (Å²) in [6.07, 6.45) is 0.0893. The van der Waals surface area contributed by atoms with E-state index in [2.05, 4.69) is 0 Å². The molecule has 156 valence electrons. The number of nitrogens with one attached hydrogen (secondary N) is 1. The van der Waals surface area contributed by atoms with Gasteiger partial charge in [-0.25, -0.2) is 18.7 Å². The second-order valence-electron chi connectivity index (χ2n) is 6.08. The van der Waals surface area contributed by atoms with Crippen LogP contribution < -0.4 is 10.2 Å². The van der Waals surface area contributed by atoms with Crippen LogP contribution in [0.1, 0.15) is 22.3 Å². The summed E-state index contributed by atoms with van der Waals surface area (Å²) in [4.78, 5) is 22.3. The number of rotatable bonds is 10. The van der Waals surface area contributed by atoms with E-state index in [4.69, 9.17) is 15.1 Å². The zero-order valence-electron chi connectivity index (χ0n) is 15.7. The van der Waals surface area contributed by atoms with Crippen molar-refractivity contribution in [3.63, 3.8) is 0 Å². The van der Waals surface area contributed by atoms with Gasteiger partial charge in [-0.15, -0.1) is 0 Å². The molecule has 2 aromatic rings. The molecule has 2 rings (SSSR count). The molecule has 10 heteroatoms. The normalized spacial score (nSPS) is 11.3. The molecular formula is C19H22N2O7S. The molecule has 29 heavy (non-hydrogen) atoms. The summed E-state index contributed by atoms with van der Waals surface area (Å²) in [7, 11) is -2.48. The van der Waals surface area contributed by atoms with E-state index in [1.807, 2.05) is 6.07 Å². The third-order valence-electron chi connectivity index (χ3n) is 4.28. The number of para-hydroxylation sites is 1. The number of aromatic carboxylic acids is 1. The molecule has 0 bridgehead atoms. The fourth-order valence-corrected chi connectivity index (χ4v) is 4.15. The average Bonchev–Trinajstić information content (AvgIpc) is 2.73. The van der Waals surface area contributed by atoms with Crippen molar-refractivity contribution in [3.8, 4) is 5.75 Å². The highest BCUT2D eigenvalue weighted by atomic mass is 32.2. The van der Waals surface area contributed by atoms with Crippen molar-refractivity contribution in [2.45, 2.75) is 17.7 Å². The van der Waals surface area contributed by atoms with Crippen LogP contribution in [0.2, 0.25) is 0 Å². The lowest BCUT2D eigenvalue weighted by Crippen LogP contribution is -2.36. The monoisotopic (exact) mass is 422 g/mol. The fourth-order valence-electron chi connectivity index (χ4n) is 2.71. The first kappa shape index (κ1) is 22.3.